The van der Waals surface area contributed by atoms with E-state index in [0.29, 0.717) is 27.6 Å². The maximum atomic E-state index is 10.6. The normalized spacial score (nSPS) is 9.57. The molecule has 0 saturated carbocycles. The van der Waals surface area contributed by atoms with Gasteiger partial charge in [-0.15, -0.1) is 0 Å². The Balaban J connectivity index is 2.33. The van der Waals surface area contributed by atoms with Gasteiger partial charge in [0.15, 0.2) is 6.61 Å². The number of hydrogen-bond donors (Lipinski definition) is 2. The van der Waals surface area contributed by atoms with Gasteiger partial charge in [0.25, 0.3) is 0 Å². The molecule has 0 aromatic heterocycles. The summed E-state index contributed by atoms with van der Waals surface area (Å²) >= 11 is 6.03. The van der Waals surface area contributed by atoms with E-state index in [4.69, 9.17) is 27.2 Å². The van der Waals surface area contributed by atoms with E-state index in [-0.39, 0.29) is 0 Å². The number of benzene rings is 2. The molecule has 0 atom stereocenters. The summed E-state index contributed by atoms with van der Waals surface area (Å²) in [5, 5.41) is 9.20. The summed E-state index contributed by atoms with van der Waals surface area (Å²) in [6.07, 6.45) is 0. The van der Waals surface area contributed by atoms with Crippen LogP contribution in [0.1, 0.15) is 11.1 Å². The number of hydrogen-bond acceptors (Lipinski definition) is 3. The Bertz CT molecular complexity index is 732. The van der Waals surface area contributed by atoms with Crippen molar-refractivity contribution >= 4 is 23.3 Å². The van der Waals surface area contributed by atoms with Gasteiger partial charge in [-0.1, -0.05) is 35.6 Å². The first-order valence-electron chi connectivity index (χ1n) is 6.07. The quantitative estimate of drug-likeness (QED) is 0.675. The molecule has 0 heterocycles. The van der Waals surface area contributed by atoms with Gasteiger partial charge in [-0.05, 0) is 30.3 Å². The molecule has 0 unspecified atom stereocenters. The Kier molecular flexibility index (Phi) is 4.70. The molecule has 0 bridgehead atoms. The van der Waals surface area contributed by atoms with E-state index >= 15 is 0 Å². The maximum Gasteiger partial charge on any atom is 0.341 e. The van der Waals surface area contributed by atoms with Crippen LogP contribution in [-0.2, 0) is 4.79 Å². The van der Waals surface area contributed by atoms with Crippen molar-refractivity contribution in [3.05, 3.63) is 58.6 Å². The van der Waals surface area contributed by atoms with E-state index in [1.54, 1.807) is 30.3 Å². The van der Waals surface area contributed by atoms with Crippen LogP contribution in [0.25, 0.3) is 0 Å². The minimum absolute atomic E-state index is 0.367. The van der Waals surface area contributed by atoms with Crippen LogP contribution in [0.5, 0.6) is 5.75 Å². The molecule has 0 fully saturated rings. The third-order valence-electron chi connectivity index (χ3n) is 2.56. The lowest BCUT2D eigenvalue weighted by Crippen LogP contribution is -2.10. The molecule has 0 spiro atoms. The van der Waals surface area contributed by atoms with Crippen molar-refractivity contribution in [1.82, 2.24) is 0 Å². The predicted molar refractivity (Wildman–Crippen MR) is 81.4 cm³/mol. The van der Waals surface area contributed by atoms with Crippen LogP contribution < -0.4 is 10.5 Å². The molecule has 106 valence electrons. The second kappa shape index (κ2) is 6.69. The fraction of sp³-hybridized carbons (Fsp3) is 0.0625. The van der Waals surface area contributed by atoms with E-state index in [2.05, 4.69) is 11.8 Å². The average Bonchev–Trinajstić information content (AvgIpc) is 2.45. The first-order valence-corrected chi connectivity index (χ1v) is 6.45. The van der Waals surface area contributed by atoms with Crippen LogP contribution in [-0.4, -0.2) is 17.7 Å². The molecular formula is C16H12ClNO3. The third-order valence-corrected chi connectivity index (χ3v) is 2.89. The van der Waals surface area contributed by atoms with Crippen molar-refractivity contribution in [3.8, 4) is 17.6 Å². The molecule has 2 rings (SSSR count). The molecule has 0 saturated heterocycles. The standard InChI is InChI=1S/C16H12ClNO3/c17-14-4-2-1-3-11(14)5-6-12-9-13(18)7-8-15(12)21-10-16(19)20/h1-4,7-9H,10,18H2,(H,19,20). The van der Waals surface area contributed by atoms with Crippen molar-refractivity contribution < 1.29 is 14.6 Å². The molecule has 0 aliphatic heterocycles. The molecule has 5 heteroatoms. The van der Waals surface area contributed by atoms with Crippen LogP contribution >= 0.6 is 11.6 Å². The van der Waals surface area contributed by atoms with Gasteiger partial charge in [0.1, 0.15) is 5.75 Å². The zero-order chi connectivity index (χ0) is 15.2. The number of rotatable bonds is 3. The van der Waals surface area contributed by atoms with Gasteiger partial charge in [0.2, 0.25) is 0 Å². The van der Waals surface area contributed by atoms with Crippen LogP contribution in [0.2, 0.25) is 5.02 Å². The van der Waals surface area contributed by atoms with Gasteiger partial charge in [-0.25, -0.2) is 4.79 Å². The second-order valence-electron chi connectivity index (χ2n) is 4.17. The maximum absolute atomic E-state index is 10.6. The van der Waals surface area contributed by atoms with Gasteiger partial charge in [0.05, 0.1) is 10.6 Å². The zero-order valence-electron chi connectivity index (χ0n) is 11.0. The zero-order valence-corrected chi connectivity index (χ0v) is 11.7. The summed E-state index contributed by atoms with van der Waals surface area (Å²) < 4.78 is 5.18. The Morgan fingerprint density at radius 2 is 1.90 bits per heavy atom. The lowest BCUT2D eigenvalue weighted by molar-refractivity contribution is -0.139. The van der Waals surface area contributed by atoms with Crippen molar-refractivity contribution in [1.29, 1.82) is 0 Å². The highest BCUT2D eigenvalue weighted by Crippen LogP contribution is 2.21. The summed E-state index contributed by atoms with van der Waals surface area (Å²) in [7, 11) is 0. The van der Waals surface area contributed by atoms with Gasteiger partial charge < -0.3 is 15.6 Å². The molecule has 0 amide bonds. The lowest BCUT2D eigenvalue weighted by Gasteiger charge is -2.06. The van der Waals surface area contributed by atoms with Crippen molar-refractivity contribution in [3.63, 3.8) is 0 Å². The molecule has 0 radical (unpaired) electrons. The van der Waals surface area contributed by atoms with Gasteiger partial charge in [0, 0.05) is 11.3 Å². The predicted octanol–water partition coefficient (Wildman–Crippen LogP) is 2.79. The Labute approximate surface area is 127 Å². The van der Waals surface area contributed by atoms with Gasteiger partial charge in [-0.2, -0.15) is 0 Å². The van der Waals surface area contributed by atoms with Crippen LogP contribution in [0, 0.1) is 11.8 Å². The van der Waals surface area contributed by atoms with E-state index < -0.39 is 12.6 Å². The van der Waals surface area contributed by atoms with E-state index in [0.717, 1.165) is 0 Å². The molecule has 0 aliphatic rings. The number of aliphatic carboxylic acids is 1. The molecule has 4 nitrogen and oxygen atoms in total. The minimum atomic E-state index is -1.06. The average molecular weight is 302 g/mol. The van der Waals surface area contributed by atoms with Crippen LogP contribution in [0.15, 0.2) is 42.5 Å². The SMILES string of the molecule is Nc1ccc(OCC(=O)O)c(C#Cc2ccccc2Cl)c1. The molecule has 2 aromatic rings. The van der Waals surface area contributed by atoms with Crippen LogP contribution in [0.3, 0.4) is 0 Å². The number of halogens is 1. The summed E-state index contributed by atoms with van der Waals surface area (Å²) in [4.78, 5) is 10.6. The smallest absolute Gasteiger partial charge is 0.341 e. The first-order chi connectivity index (χ1) is 10.1. The van der Waals surface area contributed by atoms with Crippen molar-refractivity contribution in [2.75, 3.05) is 12.3 Å². The number of carboxylic acids is 1. The minimum Gasteiger partial charge on any atom is -0.481 e. The first kappa shape index (κ1) is 14.8. The Morgan fingerprint density at radius 1 is 1.19 bits per heavy atom. The third kappa shape index (κ3) is 4.16. The number of nitrogen functional groups attached to an aromatic ring is 1. The van der Waals surface area contributed by atoms with E-state index in [1.807, 2.05) is 12.1 Å². The molecule has 2 aromatic carbocycles. The lowest BCUT2D eigenvalue weighted by atomic mass is 10.1. The number of anilines is 1. The highest BCUT2D eigenvalue weighted by molar-refractivity contribution is 6.31. The second-order valence-corrected chi connectivity index (χ2v) is 4.58. The van der Waals surface area contributed by atoms with Crippen molar-refractivity contribution in [2.45, 2.75) is 0 Å². The van der Waals surface area contributed by atoms with Crippen molar-refractivity contribution in [2.24, 2.45) is 0 Å². The Morgan fingerprint density at radius 3 is 2.62 bits per heavy atom. The summed E-state index contributed by atoms with van der Waals surface area (Å²) in [6.45, 7) is -0.440. The fourth-order valence-corrected chi connectivity index (χ4v) is 1.79. The number of carboxylic acid groups (broad SMARTS) is 1. The number of carbonyl (C=O) groups is 1. The largest absolute Gasteiger partial charge is 0.481 e. The molecular weight excluding hydrogens is 290 g/mol. The molecule has 21 heavy (non-hydrogen) atoms. The highest BCUT2D eigenvalue weighted by Gasteiger charge is 2.05. The summed E-state index contributed by atoms with van der Waals surface area (Å²) in [5.41, 5.74) is 7.41. The van der Waals surface area contributed by atoms with Crippen LogP contribution in [0.4, 0.5) is 5.69 Å². The van der Waals surface area contributed by atoms with E-state index in [1.165, 1.54) is 0 Å². The number of nitrogens with two attached hydrogens (primary N) is 1. The van der Waals surface area contributed by atoms with E-state index in [9.17, 15) is 4.79 Å². The Hall–Kier alpha value is -2.64. The number of ether oxygens (including phenoxy) is 1. The topological polar surface area (TPSA) is 72.5 Å². The van der Waals surface area contributed by atoms with Gasteiger partial charge in [-0.3, -0.25) is 0 Å². The highest BCUT2D eigenvalue weighted by atomic mass is 35.5. The monoisotopic (exact) mass is 301 g/mol. The van der Waals surface area contributed by atoms with Gasteiger partial charge >= 0.3 is 5.97 Å². The fourth-order valence-electron chi connectivity index (χ4n) is 1.61. The summed E-state index contributed by atoms with van der Waals surface area (Å²) in [5.74, 6) is 5.13. The molecule has 0 aliphatic carbocycles. The molecule has 3 N–H and O–H groups in total. The summed E-state index contributed by atoms with van der Waals surface area (Å²) in [6, 6.07) is 12.0.